The molecule has 0 radical (unpaired) electrons. The van der Waals surface area contributed by atoms with E-state index in [4.69, 9.17) is 9.73 Å². The van der Waals surface area contributed by atoms with E-state index in [9.17, 15) is 14.4 Å². The smallest absolute Gasteiger partial charge is 0.329 e. The maximum atomic E-state index is 13.2. The predicted molar refractivity (Wildman–Crippen MR) is 117 cm³/mol. The van der Waals surface area contributed by atoms with Gasteiger partial charge in [-0.15, -0.1) is 23.1 Å². The van der Waals surface area contributed by atoms with Gasteiger partial charge in [-0.2, -0.15) is 0 Å². The minimum Gasteiger partial charge on any atom is -0.456 e. The zero-order chi connectivity index (χ0) is 21.9. The normalized spacial score (nSPS) is 27.9. The second-order valence-corrected chi connectivity index (χ2v) is 9.51. The Morgan fingerprint density at radius 2 is 2.17 bits per heavy atom. The number of thiazole rings is 1. The first kappa shape index (κ1) is 22.5. The minimum absolute atomic E-state index is 0.0479. The van der Waals surface area contributed by atoms with E-state index in [0.29, 0.717) is 22.9 Å². The van der Waals surface area contributed by atoms with Gasteiger partial charge in [0.2, 0.25) is 11.8 Å². The summed E-state index contributed by atoms with van der Waals surface area (Å²) in [6, 6.07) is -0.852. The number of aliphatic imine (C=N–C) groups is 1. The molecule has 4 bridgehead atoms. The number of fused-ring (bicyclic) bond motifs is 4. The maximum Gasteiger partial charge on any atom is 0.329 e. The van der Waals surface area contributed by atoms with Gasteiger partial charge in [-0.25, -0.2) is 9.78 Å². The van der Waals surface area contributed by atoms with Gasteiger partial charge in [-0.3, -0.25) is 14.6 Å². The molecule has 3 atom stereocenters. The number of nitrogens with one attached hydrogen (secondary N) is 2. The summed E-state index contributed by atoms with van der Waals surface area (Å²) in [7, 11) is 0. The highest BCUT2D eigenvalue weighted by molar-refractivity contribution is 8.14. The van der Waals surface area contributed by atoms with E-state index in [0.717, 1.165) is 5.01 Å². The van der Waals surface area contributed by atoms with Gasteiger partial charge in [0.25, 0.3) is 0 Å². The number of aromatic nitrogens is 1. The zero-order valence-electron chi connectivity index (χ0n) is 17.3. The molecule has 2 aliphatic rings. The van der Waals surface area contributed by atoms with Crippen molar-refractivity contribution < 1.29 is 19.1 Å². The van der Waals surface area contributed by atoms with Crippen LogP contribution in [0, 0.1) is 5.92 Å². The van der Waals surface area contributed by atoms with E-state index >= 15 is 0 Å². The van der Waals surface area contributed by atoms with Gasteiger partial charge in [0.05, 0.1) is 13.0 Å². The summed E-state index contributed by atoms with van der Waals surface area (Å²) in [4.78, 5) is 47.5. The van der Waals surface area contributed by atoms with Crippen LogP contribution >= 0.6 is 23.1 Å². The molecule has 0 aromatic carbocycles. The van der Waals surface area contributed by atoms with Gasteiger partial charge in [-0.05, 0) is 12.3 Å². The molecule has 10 heteroatoms. The lowest BCUT2D eigenvalue weighted by Gasteiger charge is -2.28. The quantitative estimate of drug-likeness (QED) is 0.539. The zero-order valence-corrected chi connectivity index (χ0v) is 18.9. The highest BCUT2D eigenvalue weighted by Gasteiger charge is 2.44. The lowest BCUT2D eigenvalue weighted by Crippen LogP contribution is -2.54. The van der Waals surface area contributed by atoms with Gasteiger partial charge in [-0.1, -0.05) is 33.4 Å². The molecule has 2 amide bonds. The Balaban J connectivity index is 1.97. The summed E-state index contributed by atoms with van der Waals surface area (Å²) < 4.78 is 5.48. The van der Waals surface area contributed by atoms with Gasteiger partial charge in [0.15, 0.2) is 0 Å². The van der Waals surface area contributed by atoms with Crippen molar-refractivity contribution in [2.24, 2.45) is 10.9 Å². The van der Waals surface area contributed by atoms with Crippen molar-refractivity contribution in [3.05, 3.63) is 28.7 Å². The van der Waals surface area contributed by atoms with Crippen LogP contribution < -0.4 is 10.6 Å². The molecule has 0 unspecified atom stereocenters. The summed E-state index contributed by atoms with van der Waals surface area (Å²) in [6.45, 7) is 9.49. The number of carbonyl (C=O) groups excluding carboxylic acids is 3. The van der Waals surface area contributed by atoms with Crippen molar-refractivity contribution in [2.75, 3.05) is 5.75 Å². The summed E-state index contributed by atoms with van der Waals surface area (Å²) >= 11 is 2.90. The largest absolute Gasteiger partial charge is 0.456 e. The summed E-state index contributed by atoms with van der Waals surface area (Å²) in [5.41, 5.74) is -0.256. The van der Waals surface area contributed by atoms with Crippen LogP contribution in [0.4, 0.5) is 0 Å². The van der Waals surface area contributed by atoms with Crippen LogP contribution in [-0.4, -0.2) is 51.2 Å². The standard InChI is InChI=1S/C20H26N4O4S2/c1-5-12-7-14(25)21-8-15-22-13(9-29-15)17-24-20(6-2,10-30-17)19(27)23-16(11(3)4)18(26)28-12/h5,9,11-12,16H,1,6-8,10H2,2-4H3,(H,21,25)(H,23,27)/t12-,16+,20+/m1/s1. The minimum atomic E-state index is -0.958. The number of amides is 2. The molecule has 0 saturated heterocycles. The Bertz CT molecular complexity index is 882. The molecule has 0 aliphatic carbocycles. The SMILES string of the molecule is C=C[C@@H]1CC(=O)NCc2nc(cs2)C2=N[C@@](CC)(CS2)C(=O)N[C@@H](C(C)C)C(=O)O1. The van der Waals surface area contributed by atoms with Gasteiger partial charge < -0.3 is 15.4 Å². The molecule has 3 heterocycles. The molecule has 0 fully saturated rings. The molecular weight excluding hydrogens is 424 g/mol. The monoisotopic (exact) mass is 450 g/mol. The van der Waals surface area contributed by atoms with E-state index in [1.807, 2.05) is 26.2 Å². The Hall–Kier alpha value is -2.20. The Morgan fingerprint density at radius 3 is 2.83 bits per heavy atom. The number of ether oxygens (including phenoxy) is 1. The molecule has 0 saturated carbocycles. The number of carbonyl (C=O) groups is 3. The van der Waals surface area contributed by atoms with E-state index in [2.05, 4.69) is 22.2 Å². The maximum absolute atomic E-state index is 13.2. The van der Waals surface area contributed by atoms with Gasteiger partial charge >= 0.3 is 5.97 Å². The van der Waals surface area contributed by atoms with Crippen LogP contribution in [0.3, 0.4) is 0 Å². The van der Waals surface area contributed by atoms with Crippen LogP contribution in [-0.2, 0) is 25.7 Å². The van der Waals surface area contributed by atoms with Crippen molar-refractivity contribution in [3.63, 3.8) is 0 Å². The van der Waals surface area contributed by atoms with E-state index in [1.54, 1.807) is 0 Å². The third-order valence-corrected chi connectivity index (χ3v) is 7.15. The number of thioether (sulfide) groups is 1. The van der Waals surface area contributed by atoms with E-state index in [-0.39, 0.29) is 30.7 Å². The number of esters is 1. The van der Waals surface area contributed by atoms with Crippen LogP contribution in [0.2, 0.25) is 0 Å². The second-order valence-electron chi connectivity index (χ2n) is 7.60. The number of hydrogen-bond donors (Lipinski definition) is 2. The highest BCUT2D eigenvalue weighted by Crippen LogP contribution is 2.34. The average Bonchev–Trinajstić information content (AvgIpc) is 3.36. The molecule has 2 N–H and O–H groups in total. The average molecular weight is 451 g/mol. The lowest BCUT2D eigenvalue weighted by molar-refractivity contribution is -0.153. The first-order valence-corrected chi connectivity index (χ1v) is 11.7. The summed E-state index contributed by atoms with van der Waals surface area (Å²) in [6.07, 6.45) is 1.08. The number of cyclic esters (lactones) is 1. The second kappa shape index (κ2) is 9.30. The van der Waals surface area contributed by atoms with Gasteiger partial charge in [0.1, 0.15) is 33.4 Å². The fraction of sp³-hybridized carbons (Fsp3) is 0.550. The third kappa shape index (κ3) is 4.75. The fourth-order valence-corrected chi connectivity index (χ4v) is 5.18. The summed E-state index contributed by atoms with van der Waals surface area (Å²) in [5.74, 6) is -0.902. The Kier molecular flexibility index (Phi) is 6.97. The number of nitrogens with zero attached hydrogens (tertiary/aromatic N) is 2. The molecule has 30 heavy (non-hydrogen) atoms. The van der Waals surface area contributed by atoms with Crippen molar-refractivity contribution in [1.82, 2.24) is 15.6 Å². The third-order valence-electron chi connectivity index (χ3n) is 5.10. The van der Waals surface area contributed by atoms with Gasteiger partial charge in [0, 0.05) is 11.1 Å². The van der Waals surface area contributed by atoms with Crippen molar-refractivity contribution in [3.8, 4) is 0 Å². The van der Waals surface area contributed by atoms with E-state index < -0.39 is 23.7 Å². The van der Waals surface area contributed by atoms with Crippen molar-refractivity contribution in [2.45, 2.75) is 57.8 Å². The molecular formula is C20H26N4O4S2. The van der Waals surface area contributed by atoms with Crippen LogP contribution in [0.25, 0.3) is 0 Å². The van der Waals surface area contributed by atoms with Crippen molar-refractivity contribution in [1.29, 1.82) is 0 Å². The molecule has 1 aromatic rings. The topological polar surface area (TPSA) is 110 Å². The Morgan fingerprint density at radius 1 is 1.40 bits per heavy atom. The molecule has 162 valence electrons. The first-order chi connectivity index (χ1) is 14.3. The Labute approximate surface area is 184 Å². The van der Waals surface area contributed by atoms with Crippen LogP contribution in [0.5, 0.6) is 0 Å². The molecule has 0 spiro atoms. The molecule has 3 rings (SSSR count). The highest BCUT2D eigenvalue weighted by atomic mass is 32.2. The van der Waals surface area contributed by atoms with Crippen molar-refractivity contribution >= 4 is 45.9 Å². The van der Waals surface area contributed by atoms with E-state index in [1.165, 1.54) is 29.2 Å². The molecule has 2 aliphatic heterocycles. The molecule has 1 aromatic heterocycles. The first-order valence-electron chi connectivity index (χ1n) is 9.86. The van der Waals surface area contributed by atoms with Crippen LogP contribution in [0.15, 0.2) is 23.0 Å². The lowest BCUT2D eigenvalue weighted by atomic mass is 9.96. The fourth-order valence-electron chi connectivity index (χ4n) is 3.12. The summed E-state index contributed by atoms with van der Waals surface area (Å²) in [5, 5.41) is 8.95. The number of hydrogen-bond acceptors (Lipinski definition) is 8. The molecule has 8 nitrogen and oxygen atoms in total. The predicted octanol–water partition coefficient (Wildman–Crippen LogP) is 2.04. The number of rotatable bonds is 3. The van der Waals surface area contributed by atoms with Crippen LogP contribution in [0.1, 0.15) is 44.3 Å².